The highest BCUT2D eigenvalue weighted by atomic mass is 19.1. The van der Waals surface area contributed by atoms with Crippen LogP contribution in [0.2, 0.25) is 0 Å². The van der Waals surface area contributed by atoms with E-state index in [2.05, 4.69) is 5.16 Å². The topological polar surface area (TPSA) is 67.8 Å². The molecule has 0 aliphatic carbocycles. The van der Waals surface area contributed by atoms with E-state index >= 15 is 0 Å². The number of hydrogen-bond acceptors (Lipinski definition) is 3. The molecule has 0 bridgehead atoms. The minimum absolute atomic E-state index is 0.0918. The molecule has 0 heterocycles. The highest BCUT2D eigenvalue weighted by molar-refractivity contribution is 5.84. The zero-order valence-corrected chi connectivity index (χ0v) is 8.57. The molecule has 0 saturated carbocycles. The van der Waals surface area contributed by atoms with E-state index in [1.807, 2.05) is 6.92 Å². The fraction of sp³-hybridized carbons (Fsp3) is 0.300. The van der Waals surface area contributed by atoms with E-state index in [-0.39, 0.29) is 11.6 Å². The molecule has 0 amide bonds. The average Bonchev–Trinajstić information content (AvgIpc) is 2.22. The van der Waals surface area contributed by atoms with Gasteiger partial charge in [0.2, 0.25) is 0 Å². The minimum Gasteiger partial charge on any atom is -0.480 e. The average molecular weight is 212 g/mol. The normalized spacial score (nSPS) is 13.7. The van der Waals surface area contributed by atoms with Gasteiger partial charge in [0.05, 0.1) is 0 Å². The molecule has 3 N–H and O–H groups in total. The zero-order chi connectivity index (χ0) is 11.4. The monoisotopic (exact) mass is 212 g/mol. The fourth-order valence-electron chi connectivity index (χ4n) is 1.03. The van der Waals surface area contributed by atoms with E-state index in [4.69, 9.17) is 15.7 Å². The standard InChI is InChI=1S/C10H13FN2O2/c1-6-3-4-8(11)9(5-6)15-7(2)10(12)13-14/h3-5,7,14H,1-2H3,(H2,12,13). The van der Waals surface area contributed by atoms with Crippen LogP contribution in [0.15, 0.2) is 23.4 Å². The second-order valence-electron chi connectivity index (χ2n) is 3.22. The van der Waals surface area contributed by atoms with Crippen molar-refractivity contribution < 1.29 is 14.3 Å². The molecule has 82 valence electrons. The zero-order valence-electron chi connectivity index (χ0n) is 8.57. The first-order valence-electron chi connectivity index (χ1n) is 4.45. The Labute approximate surface area is 87.2 Å². The Hall–Kier alpha value is -1.78. The maximum Gasteiger partial charge on any atom is 0.180 e. The van der Waals surface area contributed by atoms with Crippen molar-refractivity contribution in [2.75, 3.05) is 0 Å². The highest BCUT2D eigenvalue weighted by Crippen LogP contribution is 2.19. The van der Waals surface area contributed by atoms with Gasteiger partial charge in [0.15, 0.2) is 23.5 Å². The highest BCUT2D eigenvalue weighted by Gasteiger charge is 2.12. The SMILES string of the molecule is Cc1ccc(F)c(OC(C)C(N)=NO)c1. The Morgan fingerprint density at radius 1 is 1.60 bits per heavy atom. The van der Waals surface area contributed by atoms with E-state index in [1.54, 1.807) is 19.1 Å². The van der Waals surface area contributed by atoms with Gasteiger partial charge in [-0.15, -0.1) is 0 Å². The van der Waals surface area contributed by atoms with Crippen LogP contribution in [0, 0.1) is 12.7 Å². The van der Waals surface area contributed by atoms with Gasteiger partial charge in [-0.3, -0.25) is 0 Å². The first-order valence-corrected chi connectivity index (χ1v) is 4.45. The van der Waals surface area contributed by atoms with E-state index in [0.29, 0.717) is 0 Å². The van der Waals surface area contributed by atoms with Crippen LogP contribution in [0.25, 0.3) is 0 Å². The van der Waals surface area contributed by atoms with Crippen molar-refractivity contribution >= 4 is 5.84 Å². The molecule has 0 saturated heterocycles. The molecule has 15 heavy (non-hydrogen) atoms. The van der Waals surface area contributed by atoms with Gasteiger partial charge in [-0.1, -0.05) is 11.2 Å². The van der Waals surface area contributed by atoms with Crippen LogP contribution in [0.4, 0.5) is 4.39 Å². The Kier molecular flexibility index (Phi) is 3.49. The van der Waals surface area contributed by atoms with Crippen molar-refractivity contribution in [2.45, 2.75) is 20.0 Å². The number of oxime groups is 1. The molecule has 0 aromatic heterocycles. The Morgan fingerprint density at radius 2 is 2.27 bits per heavy atom. The van der Waals surface area contributed by atoms with E-state index in [0.717, 1.165) is 5.56 Å². The number of nitrogens with two attached hydrogens (primary N) is 1. The van der Waals surface area contributed by atoms with Gasteiger partial charge < -0.3 is 15.7 Å². The van der Waals surface area contributed by atoms with Crippen LogP contribution >= 0.6 is 0 Å². The largest absolute Gasteiger partial charge is 0.480 e. The summed E-state index contributed by atoms with van der Waals surface area (Å²) in [6, 6.07) is 4.50. The lowest BCUT2D eigenvalue weighted by Gasteiger charge is -2.13. The number of rotatable bonds is 3. The minimum atomic E-state index is -0.675. The third kappa shape index (κ3) is 2.83. The van der Waals surface area contributed by atoms with Crippen LogP contribution in [0.5, 0.6) is 5.75 Å². The molecule has 1 rings (SSSR count). The van der Waals surface area contributed by atoms with Gasteiger partial charge >= 0.3 is 0 Å². The van der Waals surface area contributed by atoms with Gasteiger partial charge in [0.25, 0.3) is 0 Å². The van der Waals surface area contributed by atoms with Gasteiger partial charge in [-0.05, 0) is 31.5 Å². The molecule has 0 spiro atoms. The molecule has 1 aromatic carbocycles. The van der Waals surface area contributed by atoms with E-state index < -0.39 is 11.9 Å². The van der Waals surface area contributed by atoms with Crippen LogP contribution < -0.4 is 10.5 Å². The summed E-state index contributed by atoms with van der Waals surface area (Å²) >= 11 is 0. The molecule has 0 aliphatic rings. The first kappa shape index (κ1) is 11.3. The summed E-state index contributed by atoms with van der Waals surface area (Å²) < 4.78 is 18.4. The first-order chi connectivity index (χ1) is 7.04. The Morgan fingerprint density at radius 3 is 2.87 bits per heavy atom. The summed E-state index contributed by atoms with van der Waals surface area (Å²) in [4.78, 5) is 0. The van der Waals surface area contributed by atoms with Crippen LogP contribution in [-0.4, -0.2) is 17.1 Å². The molecule has 1 aromatic rings. The van der Waals surface area contributed by atoms with Crippen molar-refractivity contribution in [1.29, 1.82) is 0 Å². The van der Waals surface area contributed by atoms with E-state index in [9.17, 15) is 4.39 Å². The molecule has 5 heteroatoms. The van der Waals surface area contributed by atoms with Crippen molar-refractivity contribution in [3.8, 4) is 5.75 Å². The predicted octanol–water partition coefficient (Wildman–Crippen LogP) is 1.65. The number of benzene rings is 1. The number of halogens is 1. The number of amidine groups is 1. The van der Waals surface area contributed by atoms with Crippen molar-refractivity contribution in [2.24, 2.45) is 10.9 Å². The molecular weight excluding hydrogens is 199 g/mol. The van der Waals surface area contributed by atoms with Crippen LogP contribution in [0.1, 0.15) is 12.5 Å². The fourth-order valence-corrected chi connectivity index (χ4v) is 1.03. The molecule has 0 radical (unpaired) electrons. The van der Waals surface area contributed by atoms with Crippen molar-refractivity contribution in [3.05, 3.63) is 29.6 Å². The molecule has 4 nitrogen and oxygen atoms in total. The molecule has 0 fully saturated rings. The molecule has 0 aliphatic heterocycles. The number of hydrogen-bond donors (Lipinski definition) is 2. The third-order valence-electron chi connectivity index (χ3n) is 1.92. The quantitative estimate of drug-likeness (QED) is 0.346. The number of ether oxygens (including phenoxy) is 1. The smallest absolute Gasteiger partial charge is 0.180 e. The lowest BCUT2D eigenvalue weighted by molar-refractivity contribution is 0.256. The maximum absolute atomic E-state index is 13.2. The summed E-state index contributed by atoms with van der Waals surface area (Å²) in [6.07, 6.45) is -0.675. The molecule has 1 atom stereocenters. The van der Waals surface area contributed by atoms with Crippen molar-refractivity contribution in [3.63, 3.8) is 0 Å². The number of aryl methyl sites for hydroxylation is 1. The summed E-state index contributed by atoms with van der Waals surface area (Å²) in [7, 11) is 0. The predicted molar refractivity (Wildman–Crippen MR) is 54.6 cm³/mol. The van der Waals surface area contributed by atoms with Gasteiger partial charge in [0.1, 0.15) is 0 Å². The lowest BCUT2D eigenvalue weighted by Crippen LogP contribution is -2.31. The third-order valence-corrected chi connectivity index (χ3v) is 1.92. The maximum atomic E-state index is 13.2. The van der Waals surface area contributed by atoms with E-state index in [1.165, 1.54) is 6.07 Å². The Balaban J connectivity index is 2.85. The lowest BCUT2D eigenvalue weighted by atomic mass is 10.2. The van der Waals surface area contributed by atoms with Gasteiger partial charge in [-0.25, -0.2) is 4.39 Å². The van der Waals surface area contributed by atoms with Crippen molar-refractivity contribution in [1.82, 2.24) is 0 Å². The second-order valence-corrected chi connectivity index (χ2v) is 3.22. The summed E-state index contributed by atoms with van der Waals surface area (Å²) in [5.74, 6) is -0.483. The second kappa shape index (κ2) is 4.63. The summed E-state index contributed by atoms with van der Waals surface area (Å²) in [5.41, 5.74) is 6.18. The Bertz CT molecular complexity index is 380. The van der Waals surface area contributed by atoms with Crippen LogP contribution in [-0.2, 0) is 0 Å². The van der Waals surface area contributed by atoms with Gasteiger partial charge in [0, 0.05) is 0 Å². The van der Waals surface area contributed by atoms with Crippen LogP contribution in [0.3, 0.4) is 0 Å². The summed E-state index contributed by atoms with van der Waals surface area (Å²) in [5, 5.41) is 11.2. The number of nitrogens with zero attached hydrogens (tertiary/aromatic N) is 1. The summed E-state index contributed by atoms with van der Waals surface area (Å²) in [6.45, 7) is 3.39. The van der Waals surface area contributed by atoms with Gasteiger partial charge in [-0.2, -0.15) is 0 Å². The molecule has 1 unspecified atom stereocenters. The molecular formula is C10H13FN2O2.